The van der Waals surface area contributed by atoms with Gasteiger partial charge in [-0.05, 0) is 44.4 Å². The molecule has 0 radical (unpaired) electrons. The van der Waals surface area contributed by atoms with Gasteiger partial charge in [-0.25, -0.2) is 8.42 Å². The van der Waals surface area contributed by atoms with Gasteiger partial charge >= 0.3 is 0 Å². The van der Waals surface area contributed by atoms with Crippen molar-refractivity contribution in [1.29, 1.82) is 0 Å². The van der Waals surface area contributed by atoms with Crippen molar-refractivity contribution in [3.05, 3.63) is 23.8 Å². The molecule has 0 aliphatic carbocycles. The number of unbranched alkanes of at least 4 members (excludes halogenated alkanes) is 2. The molecule has 0 amide bonds. The van der Waals surface area contributed by atoms with Gasteiger partial charge in [-0.1, -0.05) is 25.8 Å². The maximum absolute atomic E-state index is 12.9. The number of nitrogens with zero attached hydrogens (tertiary/aromatic N) is 1. The fraction of sp³-hybridized carbons (Fsp3) is 0.625. The minimum atomic E-state index is -3.41. The van der Waals surface area contributed by atoms with Crippen LogP contribution in [0.3, 0.4) is 0 Å². The third-order valence-electron chi connectivity index (χ3n) is 3.96. The number of anilines is 1. The summed E-state index contributed by atoms with van der Waals surface area (Å²) in [5.41, 5.74) is 2.17. The van der Waals surface area contributed by atoms with Crippen LogP contribution >= 0.6 is 0 Å². The van der Waals surface area contributed by atoms with Gasteiger partial charge in [0.2, 0.25) is 10.0 Å². The quantitative estimate of drug-likeness (QED) is 0.787. The molecule has 118 valence electrons. The highest BCUT2D eigenvalue weighted by molar-refractivity contribution is 7.89. The van der Waals surface area contributed by atoms with Gasteiger partial charge in [0.25, 0.3) is 0 Å². The van der Waals surface area contributed by atoms with E-state index in [4.69, 9.17) is 0 Å². The third kappa shape index (κ3) is 3.58. The van der Waals surface area contributed by atoms with Crippen molar-refractivity contribution in [3.8, 4) is 0 Å². The number of hydrogen-bond donors (Lipinski definition) is 1. The SMILES string of the molecule is CCCCCN(C(C)C)S(=O)(=O)c1ccc2c(c1)NCC2. The molecular weight excluding hydrogens is 284 g/mol. The molecule has 1 aromatic rings. The molecule has 1 N–H and O–H groups in total. The third-order valence-corrected chi connectivity index (χ3v) is 6.03. The summed E-state index contributed by atoms with van der Waals surface area (Å²) < 4.78 is 27.4. The Labute approximate surface area is 128 Å². The first kappa shape index (κ1) is 16.3. The zero-order chi connectivity index (χ0) is 15.5. The number of rotatable bonds is 7. The van der Waals surface area contributed by atoms with Gasteiger partial charge in [0.1, 0.15) is 0 Å². The summed E-state index contributed by atoms with van der Waals surface area (Å²) in [6, 6.07) is 5.45. The summed E-state index contributed by atoms with van der Waals surface area (Å²) in [4.78, 5) is 0.404. The topological polar surface area (TPSA) is 49.4 Å². The van der Waals surface area contributed by atoms with Crippen LogP contribution in [0.25, 0.3) is 0 Å². The molecule has 0 bridgehead atoms. The van der Waals surface area contributed by atoms with E-state index in [-0.39, 0.29) is 6.04 Å². The molecule has 0 unspecified atom stereocenters. The van der Waals surface area contributed by atoms with E-state index in [9.17, 15) is 8.42 Å². The van der Waals surface area contributed by atoms with E-state index in [2.05, 4.69) is 12.2 Å². The van der Waals surface area contributed by atoms with Gasteiger partial charge in [-0.15, -0.1) is 0 Å². The number of fused-ring (bicyclic) bond motifs is 1. The monoisotopic (exact) mass is 310 g/mol. The molecule has 5 heteroatoms. The Balaban J connectivity index is 2.25. The molecule has 1 aromatic carbocycles. The zero-order valence-electron chi connectivity index (χ0n) is 13.2. The fourth-order valence-corrected chi connectivity index (χ4v) is 4.44. The van der Waals surface area contributed by atoms with Crippen LogP contribution in [0.5, 0.6) is 0 Å². The summed E-state index contributed by atoms with van der Waals surface area (Å²) in [5.74, 6) is 0. The van der Waals surface area contributed by atoms with Crippen LogP contribution in [-0.2, 0) is 16.4 Å². The maximum atomic E-state index is 12.9. The minimum absolute atomic E-state index is 0.0203. The lowest BCUT2D eigenvalue weighted by Crippen LogP contribution is -2.37. The van der Waals surface area contributed by atoms with Gasteiger partial charge in [0, 0.05) is 24.8 Å². The molecule has 0 saturated heterocycles. The largest absolute Gasteiger partial charge is 0.384 e. The Morgan fingerprint density at radius 2 is 2.05 bits per heavy atom. The van der Waals surface area contributed by atoms with Crippen LogP contribution in [0.4, 0.5) is 5.69 Å². The number of sulfonamides is 1. The predicted molar refractivity (Wildman–Crippen MR) is 87.2 cm³/mol. The van der Waals surface area contributed by atoms with Crippen molar-refractivity contribution in [1.82, 2.24) is 4.31 Å². The van der Waals surface area contributed by atoms with Crippen molar-refractivity contribution in [3.63, 3.8) is 0 Å². The molecule has 0 saturated carbocycles. The molecule has 0 fully saturated rings. The Hall–Kier alpha value is -1.07. The van der Waals surface area contributed by atoms with E-state index in [0.29, 0.717) is 11.4 Å². The normalized spacial score (nSPS) is 14.5. The molecule has 1 aliphatic heterocycles. The summed E-state index contributed by atoms with van der Waals surface area (Å²) >= 11 is 0. The molecule has 1 heterocycles. The minimum Gasteiger partial charge on any atom is -0.384 e. The van der Waals surface area contributed by atoms with E-state index < -0.39 is 10.0 Å². The van der Waals surface area contributed by atoms with Crippen LogP contribution in [0, 0.1) is 0 Å². The summed E-state index contributed by atoms with van der Waals surface area (Å²) in [6.07, 6.45) is 4.04. The van der Waals surface area contributed by atoms with E-state index in [1.807, 2.05) is 19.9 Å². The highest BCUT2D eigenvalue weighted by atomic mass is 32.2. The molecule has 0 atom stereocenters. The summed E-state index contributed by atoms with van der Waals surface area (Å²) in [6.45, 7) is 7.49. The van der Waals surface area contributed by atoms with E-state index >= 15 is 0 Å². The molecule has 2 rings (SSSR count). The summed E-state index contributed by atoms with van der Waals surface area (Å²) in [5, 5.41) is 3.25. The second-order valence-electron chi connectivity index (χ2n) is 5.91. The van der Waals surface area contributed by atoms with E-state index in [1.165, 1.54) is 5.56 Å². The van der Waals surface area contributed by atoms with Crippen LogP contribution < -0.4 is 5.32 Å². The number of benzene rings is 1. The van der Waals surface area contributed by atoms with E-state index in [0.717, 1.165) is 37.9 Å². The second kappa shape index (κ2) is 6.79. The van der Waals surface area contributed by atoms with Crippen molar-refractivity contribution >= 4 is 15.7 Å². The first-order valence-corrected chi connectivity index (χ1v) is 9.29. The van der Waals surface area contributed by atoms with Crippen molar-refractivity contribution < 1.29 is 8.42 Å². The van der Waals surface area contributed by atoms with Crippen molar-refractivity contribution in [2.24, 2.45) is 0 Å². The van der Waals surface area contributed by atoms with Gasteiger partial charge in [-0.3, -0.25) is 0 Å². The molecule has 0 aromatic heterocycles. The number of nitrogens with one attached hydrogen (secondary N) is 1. The lowest BCUT2D eigenvalue weighted by molar-refractivity contribution is 0.345. The van der Waals surface area contributed by atoms with Crippen molar-refractivity contribution in [2.45, 2.75) is 57.4 Å². The average Bonchev–Trinajstić information content (AvgIpc) is 2.90. The van der Waals surface area contributed by atoms with Gasteiger partial charge in [0.05, 0.1) is 4.90 Å². The molecule has 0 spiro atoms. The molecule has 21 heavy (non-hydrogen) atoms. The highest BCUT2D eigenvalue weighted by Gasteiger charge is 2.27. The van der Waals surface area contributed by atoms with Crippen LogP contribution in [0.15, 0.2) is 23.1 Å². The zero-order valence-corrected chi connectivity index (χ0v) is 14.0. The number of hydrogen-bond acceptors (Lipinski definition) is 3. The lowest BCUT2D eigenvalue weighted by Gasteiger charge is -2.26. The smallest absolute Gasteiger partial charge is 0.243 e. The Morgan fingerprint density at radius 1 is 1.29 bits per heavy atom. The average molecular weight is 310 g/mol. The molecular formula is C16H26N2O2S. The second-order valence-corrected chi connectivity index (χ2v) is 7.80. The van der Waals surface area contributed by atoms with Gasteiger partial charge in [0.15, 0.2) is 0 Å². The lowest BCUT2D eigenvalue weighted by atomic mass is 10.2. The molecule has 1 aliphatic rings. The van der Waals surface area contributed by atoms with Crippen LogP contribution in [-0.4, -0.2) is 31.9 Å². The highest BCUT2D eigenvalue weighted by Crippen LogP contribution is 2.27. The molecule has 4 nitrogen and oxygen atoms in total. The van der Waals surface area contributed by atoms with Crippen molar-refractivity contribution in [2.75, 3.05) is 18.4 Å². The first-order valence-electron chi connectivity index (χ1n) is 7.85. The Kier molecular flexibility index (Phi) is 5.27. The van der Waals surface area contributed by atoms with Gasteiger partial charge < -0.3 is 5.32 Å². The van der Waals surface area contributed by atoms with Crippen LogP contribution in [0.1, 0.15) is 45.6 Å². The van der Waals surface area contributed by atoms with Crippen LogP contribution in [0.2, 0.25) is 0 Å². The Morgan fingerprint density at radius 3 is 2.71 bits per heavy atom. The standard InChI is InChI=1S/C16H26N2O2S/c1-4-5-6-11-18(13(2)3)21(19,20)15-8-7-14-9-10-17-16(14)12-15/h7-8,12-13,17H,4-6,9-11H2,1-3H3. The Bertz CT molecular complexity index is 582. The fourth-order valence-electron chi connectivity index (χ4n) is 2.74. The van der Waals surface area contributed by atoms with Gasteiger partial charge in [-0.2, -0.15) is 4.31 Å². The maximum Gasteiger partial charge on any atom is 0.243 e. The summed E-state index contributed by atoms with van der Waals surface area (Å²) in [7, 11) is -3.41. The first-order chi connectivity index (χ1) is 9.96. The predicted octanol–water partition coefficient (Wildman–Crippen LogP) is 3.24. The van der Waals surface area contributed by atoms with E-state index in [1.54, 1.807) is 16.4 Å².